The van der Waals surface area contributed by atoms with Crippen molar-refractivity contribution in [2.24, 2.45) is 0 Å². The molecule has 0 bridgehead atoms. The van der Waals surface area contributed by atoms with Gasteiger partial charge in [0.15, 0.2) is 0 Å². The summed E-state index contributed by atoms with van der Waals surface area (Å²) in [5.41, 5.74) is 18.4. The molecule has 10 aromatic carbocycles. The molecule has 0 radical (unpaired) electrons. The van der Waals surface area contributed by atoms with Gasteiger partial charge in [-0.25, -0.2) is 0 Å². The highest BCUT2D eigenvalue weighted by Crippen LogP contribution is 2.64. The molecule has 1 heterocycles. The number of hydrogen-bond donors (Lipinski definition) is 0. The molecular weight excluding hydrogens is 725 g/mol. The predicted octanol–water partition coefficient (Wildman–Crippen LogP) is 15.1. The average molecular weight is 763 g/mol. The first-order chi connectivity index (χ1) is 29.6. The van der Waals surface area contributed by atoms with Crippen molar-refractivity contribution in [1.82, 2.24) is 0 Å². The van der Waals surface area contributed by atoms with Crippen molar-refractivity contribution in [1.29, 1.82) is 0 Å². The van der Waals surface area contributed by atoms with E-state index in [-0.39, 0.29) is 5.41 Å². The van der Waals surface area contributed by atoms with Gasteiger partial charge in [-0.2, -0.15) is 0 Å². The normalized spacial score (nSPS) is 17.7. The molecule has 1 heteroatoms. The standard InChI is InChI=1S/C59H38O/c1-58(40-16-3-2-4-17-40)51-25-13-14-26-55(51)60-56-36-39(29-33-52(56)58)42-32-31-41(44-19-7-8-20-45(42)44)38-27-30-47-46-21-9-11-23-49(46)59(54(47)35-38)50-24-12-10-22-48(50)57-43-18-6-5-15-37(43)28-34-53(57)59/h2-36H,1H3. The molecule has 0 aromatic heterocycles. The van der Waals surface area contributed by atoms with Crippen molar-refractivity contribution in [2.75, 3.05) is 0 Å². The Morgan fingerprint density at radius 2 is 0.867 bits per heavy atom. The van der Waals surface area contributed by atoms with E-state index in [4.69, 9.17) is 4.74 Å². The van der Waals surface area contributed by atoms with E-state index in [0.717, 1.165) is 17.1 Å². The van der Waals surface area contributed by atoms with Crippen LogP contribution in [0.3, 0.4) is 0 Å². The lowest BCUT2D eigenvalue weighted by molar-refractivity contribution is 0.427. The quantitative estimate of drug-likeness (QED) is 0.174. The number of hydrogen-bond acceptors (Lipinski definition) is 1. The largest absolute Gasteiger partial charge is 0.457 e. The third-order valence-corrected chi connectivity index (χ3v) is 14.0. The zero-order chi connectivity index (χ0) is 39.6. The number of ether oxygens (including phenoxy) is 1. The Kier molecular flexibility index (Phi) is 6.85. The SMILES string of the molecule is CC1(c2ccccc2)c2ccccc2Oc2cc(-c3ccc(-c4ccc5c(c4)C4(c6ccccc6-5)c5ccccc5-c5c4ccc4ccccc54)c4ccccc34)ccc21. The van der Waals surface area contributed by atoms with Crippen LogP contribution in [0.5, 0.6) is 11.5 Å². The highest BCUT2D eigenvalue weighted by molar-refractivity contribution is 6.08. The lowest BCUT2D eigenvalue weighted by Gasteiger charge is -2.38. The van der Waals surface area contributed by atoms with Gasteiger partial charge in [-0.3, -0.25) is 0 Å². The second-order valence-electron chi connectivity index (χ2n) is 16.8. The zero-order valence-electron chi connectivity index (χ0n) is 33.1. The number of fused-ring (bicyclic) bond motifs is 15. The molecule has 1 nitrogen and oxygen atoms in total. The maximum Gasteiger partial charge on any atom is 0.132 e. The number of para-hydroxylation sites is 1. The van der Waals surface area contributed by atoms with Crippen molar-refractivity contribution in [3.05, 3.63) is 251 Å². The van der Waals surface area contributed by atoms with Crippen molar-refractivity contribution >= 4 is 21.5 Å². The van der Waals surface area contributed by atoms with Gasteiger partial charge in [-0.15, -0.1) is 0 Å². The van der Waals surface area contributed by atoms with E-state index in [1.165, 1.54) is 99.4 Å². The lowest BCUT2D eigenvalue weighted by Crippen LogP contribution is -2.29. The summed E-state index contributed by atoms with van der Waals surface area (Å²) in [6, 6.07) is 78.7. The molecule has 13 rings (SSSR count). The first-order valence-electron chi connectivity index (χ1n) is 21.0. The molecule has 0 fully saturated rings. The van der Waals surface area contributed by atoms with E-state index in [9.17, 15) is 0 Å². The zero-order valence-corrected chi connectivity index (χ0v) is 33.1. The van der Waals surface area contributed by atoms with Gasteiger partial charge in [0.2, 0.25) is 0 Å². The third kappa shape index (κ3) is 4.31. The summed E-state index contributed by atoms with van der Waals surface area (Å²) < 4.78 is 6.75. The molecule has 60 heavy (non-hydrogen) atoms. The molecular formula is C59H38O. The van der Waals surface area contributed by atoms with Crippen LogP contribution in [0.2, 0.25) is 0 Å². The molecule has 280 valence electrons. The molecule has 0 saturated heterocycles. The second-order valence-corrected chi connectivity index (χ2v) is 16.8. The molecule has 3 aliphatic rings. The van der Waals surface area contributed by atoms with E-state index in [1.807, 2.05) is 0 Å². The smallest absolute Gasteiger partial charge is 0.132 e. The first-order valence-corrected chi connectivity index (χ1v) is 21.0. The van der Waals surface area contributed by atoms with Crippen LogP contribution in [0.4, 0.5) is 0 Å². The summed E-state index contributed by atoms with van der Waals surface area (Å²) in [4.78, 5) is 0. The van der Waals surface area contributed by atoms with Crippen molar-refractivity contribution in [3.8, 4) is 56.0 Å². The molecule has 2 aliphatic carbocycles. The first kappa shape index (κ1) is 33.5. The van der Waals surface area contributed by atoms with Crippen LogP contribution >= 0.6 is 0 Å². The van der Waals surface area contributed by atoms with Crippen LogP contribution in [-0.2, 0) is 10.8 Å². The predicted molar refractivity (Wildman–Crippen MR) is 247 cm³/mol. The van der Waals surface area contributed by atoms with E-state index >= 15 is 0 Å². The molecule has 0 saturated carbocycles. The van der Waals surface area contributed by atoms with E-state index in [2.05, 4.69) is 219 Å². The summed E-state index contributed by atoms with van der Waals surface area (Å²) in [5.74, 6) is 1.81. The average Bonchev–Trinajstić information content (AvgIpc) is 3.79. The van der Waals surface area contributed by atoms with E-state index in [0.29, 0.717) is 0 Å². The van der Waals surface area contributed by atoms with Gasteiger partial charge in [-0.05, 0) is 119 Å². The molecule has 2 unspecified atom stereocenters. The fourth-order valence-corrected chi connectivity index (χ4v) is 11.4. The molecule has 10 aromatic rings. The summed E-state index contributed by atoms with van der Waals surface area (Å²) in [5, 5.41) is 5.04. The van der Waals surface area contributed by atoms with E-state index in [1.54, 1.807) is 0 Å². The van der Waals surface area contributed by atoms with Crippen LogP contribution in [0.1, 0.15) is 45.9 Å². The summed E-state index contributed by atoms with van der Waals surface area (Å²) in [6.45, 7) is 2.33. The van der Waals surface area contributed by atoms with Crippen LogP contribution in [-0.4, -0.2) is 0 Å². The highest BCUT2D eigenvalue weighted by Gasteiger charge is 2.52. The maximum absolute atomic E-state index is 6.75. The summed E-state index contributed by atoms with van der Waals surface area (Å²) in [6.07, 6.45) is 0. The number of benzene rings is 10. The topological polar surface area (TPSA) is 9.23 Å². The molecule has 1 spiro atoms. The minimum Gasteiger partial charge on any atom is -0.457 e. The summed E-state index contributed by atoms with van der Waals surface area (Å²) >= 11 is 0. The Labute approximate surface area is 349 Å². The van der Waals surface area contributed by atoms with Crippen LogP contribution in [0.15, 0.2) is 212 Å². The Morgan fingerprint density at radius 1 is 0.333 bits per heavy atom. The third-order valence-electron chi connectivity index (χ3n) is 14.0. The molecule has 2 atom stereocenters. The minimum absolute atomic E-state index is 0.353. The lowest BCUT2D eigenvalue weighted by atomic mass is 9.69. The Hall–Kier alpha value is -7.48. The second kappa shape index (κ2) is 12.3. The summed E-state index contributed by atoms with van der Waals surface area (Å²) in [7, 11) is 0. The van der Waals surface area contributed by atoms with Crippen LogP contribution < -0.4 is 4.74 Å². The monoisotopic (exact) mass is 762 g/mol. The van der Waals surface area contributed by atoms with Gasteiger partial charge in [0, 0.05) is 16.5 Å². The van der Waals surface area contributed by atoms with Gasteiger partial charge in [0.1, 0.15) is 11.5 Å². The van der Waals surface area contributed by atoms with Crippen molar-refractivity contribution in [3.63, 3.8) is 0 Å². The van der Waals surface area contributed by atoms with Gasteiger partial charge < -0.3 is 4.74 Å². The van der Waals surface area contributed by atoms with Crippen LogP contribution in [0.25, 0.3) is 66.1 Å². The fourth-order valence-electron chi connectivity index (χ4n) is 11.4. The van der Waals surface area contributed by atoms with Gasteiger partial charge in [0.25, 0.3) is 0 Å². The van der Waals surface area contributed by atoms with Crippen molar-refractivity contribution in [2.45, 2.75) is 17.8 Å². The van der Waals surface area contributed by atoms with E-state index < -0.39 is 5.41 Å². The Bertz CT molecular complexity index is 3430. The molecule has 0 amide bonds. The maximum atomic E-state index is 6.75. The van der Waals surface area contributed by atoms with Gasteiger partial charge >= 0.3 is 0 Å². The van der Waals surface area contributed by atoms with Gasteiger partial charge in [0.05, 0.1) is 5.41 Å². The van der Waals surface area contributed by atoms with Crippen LogP contribution in [0, 0.1) is 0 Å². The molecule has 1 aliphatic heterocycles. The fraction of sp³-hybridized carbons (Fsp3) is 0.0508. The van der Waals surface area contributed by atoms with Crippen molar-refractivity contribution < 1.29 is 4.74 Å². The Morgan fingerprint density at radius 3 is 1.65 bits per heavy atom. The minimum atomic E-state index is -0.427. The van der Waals surface area contributed by atoms with Gasteiger partial charge in [-0.1, -0.05) is 194 Å². The number of rotatable bonds is 3. The highest BCUT2D eigenvalue weighted by atomic mass is 16.5. The molecule has 0 N–H and O–H groups in total. The Balaban J connectivity index is 0.991.